The molecule has 4 rings (SSSR count). The van der Waals surface area contributed by atoms with Gasteiger partial charge in [-0.1, -0.05) is 38.0 Å². The summed E-state index contributed by atoms with van der Waals surface area (Å²) in [5.41, 5.74) is 1.16. The summed E-state index contributed by atoms with van der Waals surface area (Å²) >= 11 is 0. The Kier molecular flexibility index (Phi) is 5.46. The van der Waals surface area contributed by atoms with Crippen molar-refractivity contribution in [1.29, 1.82) is 0 Å². The third kappa shape index (κ3) is 3.24. The lowest BCUT2D eigenvalue weighted by molar-refractivity contribution is -0.127. The zero-order valence-electron chi connectivity index (χ0n) is 17.1. The van der Waals surface area contributed by atoms with Crippen molar-refractivity contribution in [1.82, 2.24) is 10.2 Å². The van der Waals surface area contributed by atoms with Gasteiger partial charge in [-0.3, -0.25) is 9.59 Å². The Morgan fingerprint density at radius 2 is 2.04 bits per heavy atom. The van der Waals surface area contributed by atoms with E-state index in [9.17, 15) is 9.59 Å². The number of fused-ring (bicyclic) bond motifs is 1. The molecule has 0 unspecified atom stereocenters. The molecule has 0 radical (unpaired) electrons. The molecule has 1 aromatic rings. The number of nitrogens with zero attached hydrogens (tertiary/aromatic N) is 1. The van der Waals surface area contributed by atoms with Crippen molar-refractivity contribution >= 4 is 11.8 Å². The molecule has 1 aliphatic carbocycles. The smallest absolute Gasteiger partial charge is 0.254 e. The van der Waals surface area contributed by atoms with Crippen LogP contribution in [0, 0.1) is 0 Å². The summed E-state index contributed by atoms with van der Waals surface area (Å²) in [5.74, 6) is -0.173. The normalized spacial score (nSPS) is 27.1. The number of carbonyl (C=O) groups is 2. The van der Waals surface area contributed by atoms with Gasteiger partial charge < -0.3 is 15.0 Å². The third-order valence-electron chi connectivity index (χ3n) is 6.97. The summed E-state index contributed by atoms with van der Waals surface area (Å²) in [4.78, 5) is 29.1. The van der Waals surface area contributed by atoms with Gasteiger partial charge in [0, 0.05) is 24.8 Å². The minimum absolute atomic E-state index is 0.0635. The fourth-order valence-electron chi connectivity index (χ4n) is 5.35. The second-order valence-corrected chi connectivity index (χ2v) is 8.70. The Balaban J connectivity index is 1.77. The lowest BCUT2D eigenvalue weighted by Crippen LogP contribution is -2.62. The van der Waals surface area contributed by atoms with E-state index in [0.717, 1.165) is 57.1 Å². The van der Waals surface area contributed by atoms with E-state index in [4.69, 9.17) is 4.74 Å². The monoisotopic (exact) mass is 384 g/mol. The first-order chi connectivity index (χ1) is 13.6. The Bertz CT molecular complexity index is 735. The van der Waals surface area contributed by atoms with Crippen molar-refractivity contribution in [2.45, 2.75) is 82.4 Å². The highest BCUT2D eigenvalue weighted by atomic mass is 16.5. The summed E-state index contributed by atoms with van der Waals surface area (Å²) in [5, 5.41) is 3.21. The number of ether oxygens (including phenoxy) is 1. The van der Waals surface area contributed by atoms with Gasteiger partial charge in [0.15, 0.2) is 0 Å². The van der Waals surface area contributed by atoms with E-state index >= 15 is 0 Å². The highest BCUT2D eigenvalue weighted by molar-refractivity contribution is 6.02. The first-order valence-corrected chi connectivity index (χ1v) is 10.9. The molecule has 152 valence electrons. The summed E-state index contributed by atoms with van der Waals surface area (Å²) in [6.07, 6.45) is 6.92. The minimum atomic E-state index is -0.422. The van der Waals surface area contributed by atoms with Gasteiger partial charge >= 0.3 is 0 Å². The number of nitrogens with one attached hydrogen (secondary N) is 1. The standard InChI is InChI=1S/C23H32N2O3/c1-3-16(2)24-21(26)20-18-10-4-5-11-19(18)22(27)25(15-17-9-8-14-28-17)23(20)12-6-7-13-23/h4-5,10-11,16-17,20H,3,6-9,12-15H2,1-2H3,(H,24,26)/t16-,17-,20-/m1/s1. The zero-order valence-corrected chi connectivity index (χ0v) is 17.1. The van der Waals surface area contributed by atoms with E-state index in [1.54, 1.807) is 0 Å². The van der Waals surface area contributed by atoms with Gasteiger partial charge in [-0.05, 0) is 50.7 Å². The molecular formula is C23H32N2O3. The molecule has 1 saturated heterocycles. The zero-order chi connectivity index (χ0) is 19.7. The maximum absolute atomic E-state index is 13.6. The van der Waals surface area contributed by atoms with Crippen molar-refractivity contribution in [3.8, 4) is 0 Å². The van der Waals surface area contributed by atoms with Crippen LogP contribution in [0.1, 0.15) is 80.6 Å². The number of benzene rings is 1. The average molecular weight is 385 g/mol. The largest absolute Gasteiger partial charge is 0.376 e. The molecule has 2 aliphatic heterocycles. The van der Waals surface area contributed by atoms with Gasteiger partial charge in [-0.2, -0.15) is 0 Å². The van der Waals surface area contributed by atoms with Crippen LogP contribution in [0.15, 0.2) is 24.3 Å². The minimum Gasteiger partial charge on any atom is -0.376 e. The fourth-order valence-corrected chi connectivity index (χ4v) is 5.35. The second-order valence-electron chi connectivity index (χ2n) is 8.70. The van der Waals surface area contributed by atoms with Crippen LogP contribution in [0.3, 0.4) is 0 Å². The molecule has 2 fully saturated rings. The van der Waals surface area contributed by atoms with Gasteiger partial charge in [0.1, 0.15) is 0 Å². The predicted octanol–water partition coefficient (Wildman–Crippen LogP) is 3.63. The van der Waals surface area contributed by atoms with Gasteiger partial charge in [0.25, 0.3) is 5.91 Å². The average Bonchev–Trinajstić information content (AvgIpc) is 3.38. The molecule has 2 amide bonds. The highest BCUT2D eigenvalue weighted by Gasteiger charge is 2.56. The van der Waals surface area contributed by atoms with Crippen LogP contribution in [0.25, 0.3) is 0 Å². The molecule has 0 aromatic heterocycles. The van der Waals surface area contributed by atoms with E-state index in [0.29, 0.717) is 12.1 Å². The van der Waals surface area contributed by atoms with Crippen LogP contribution in [0.2, 0.25) is 0 Å². The summed E-state index contributed by atoms with van der Waals surface area (Å²) < 4.78 is 5.88. The molecule has 3 atom stereocenters. The highest BCUT2D eigenvalue weighted by Crippen LogP contribution is 2.50. The van der Waals surface area contributed by atoms with Gasteiger partial charge in [-0.25, -0.2) is 0 Å². The lowest BCUT2D eigenvalue weighted by atomic mass is 9.70. The van der Waals surface area contributed by atoms with E-state index < -0.39 is 5.54 Å². The van der Waals surface area contributed by atoms with Crippen LogP contribution in [0.4, 0.5) is 0 Å². The van der Waals surface area contributed by atoms with Gasteiger partial charge in [0.2, 0.25) is 5.91 Å². The molecule has 0 bridgehead atoms. The quantitative estimate of drug-likeness (QED) is 0.843. The number of rotatable bonds is 5. The molecule has 1 saturated carbocycles. The molecule has 5 heteroatoms. The molecule has 1 N–H and O–H groups in total. The summed E-state index contributed by atoms with van der Waals surface area (Å²) in [7, 11) is 0. The van der Waals surface area contributed by atoms with E-state index in [2.05, 4.69) is 12.2 Å². The van der Waals surface area contributed by atoms with Crippen molar-refractivity contribution in [2.24, 2.45) is 0 Å². The fraction of sp³-hybridized carbons (Fsp3) is 0.652. The van der Waals surface area contributed by atoms with Crippen LogP contribution in [0.5, 0.6) is 0 Å². The topological polar surface area (TPSA) is 58.6 Å². The Labute approximate surface area is 167 Å². The first-order valence-electron chi connectivity index (χ1n) is 10.9. The van der Waals surface area contributed by atoms with Crippen molar-refractivity contribution in [2.75, 3.05) is 13.2 Å². The number of hydrogen-bond acceptors (Lipinski definition) is 3. The molecule has 3 aliphatic rings. The Morgan fingerprint density at radius 3 is 2.71 bits per heavy atom. The van der Waals surface area contributed by atoms with Gasteiger partial charge in [0.05, 0.1) is 17.6 Å². The van der Waals surface area contributed by atoms with Crippen molar-refractivity contribution < 1.29 is 14.3 Å². The molecular weight excluding hydrogens is 352 g/mol. The number of carbonyl (C=O) groups excluding carboxylic acids is 2. The maximum atomic E-state index is 13.6. The van der Waals surface area contributed by atoms with E-state index in [1.165, 1.54) is 0 Å². The first kappa shape index (κ1) is 19.4. The van der Waals surface area contributed by atoms with E-state index in [1.807, 2.05) is 36.1 Å². The number of hydrogen-bond donors (Lipinski definition) is 1. The third-order valence-corrected chi connectivity index (χ3v) is 6.97. The van der Waals surface area contributed by atoms with E-state index in [-0.39, 0.29) is 29.9 Å². The number of amides is 2. The van der Waals surface area contributed by atoms with Crippen molar-refractivity contribution in [3.05, 3.63) is 35.4 Å². The Hall–Kier alpha value is -1.88. The van der Waals surface area contributed by atoms with Crippen LogP contribution >= 0.6 is 0 Å². The molecule has 1 aromatic carbocycles. The Morgan fingerprint density at radius 1 is 1.29 bits per heavy atom. The molecule has 28 heavy (non-hydrogen) atoms. The maximum Gasteiger partial charge on any atom is 0.254 e. The predicted molar refractivity (Wildman–Crippen MR) is 108 cm³/mol. The molecule has 2 heterocycles. The van der Waals surface area contributed by atoms with Crippen molar-refractivity contribution in [3.63, 3.8) is 0 Å². The summed E-state index contributed by atoms with van der Waals surface area (Å²) in [6.45, 7) is 5.50. The SMILES string of the molecule is CC[C@@H](C)NC(=O)[C@H]1c2ccccc2C(=O)N(C[C@H]2CCCO2)C12CCCC2. The molecule has 5 nitrogen and oxygen atoms in total. The van der Waals surface area contributed by atoms with Crippen LogP contribution in [-0.4, -0.2) is 47.6 Å². The molecule has 1 spiro atoms. The summed E-state index contributed by atoms with van der Waals surface area (Å²) in [6, 6.07) is 7.84. The van der Waals surface area contributed by atoms with Crippen LogP contribution in [-0.2, 0) is 9.53 Å². The van der Waals surface area contributed by atoms with Gasteiger partial charge in [-0.15, -0.1) is 0 Å². The lowest BCUT2D eigenvalue weighted by Gasteiger charge is -2.50. The second kappa shape index (κ2) is 7.86. The van der Waals surface area contributed by atoms with Crippen LogP contribution < -0.4 is 5.32 Å².